The Morgan fingerprint density at radius 3 is 2.05 bits per heavy atom. The molecule has 0 spiro atoms. The highest BCUT2D eigenvalue weighted by Crippen LogP contribution is 2.26. The zero-order valence-electron chi connectivity index (χ0n) is 27.2. The number of ether oxygens (including phenoxy) is 1. The average molecular weight is 603 g/mol. The van der Waals surface area contributed by atoms with Crippen LogP contribution < -0.4 is 16.0 Å². The van der Waals surface area contributed by atoms with E-state index in [0.717, 1.165) is 17.7 Å². The topological polar surface area (TPSA) is 120 Å². The molecule has 0 saturated carbocycles. The van der Waals surface area contributed by atoms with Gasteiger partial charge in [0.2, 0.25) is 12.8 Å². The fourth-order valence-electron chi connectivity index (χ4n) is 4.06. The lowest BCUT2D eigenvalue weighted by atomic mass is 9.90. The number of nitrogens with one attached hydrogen (secondary N) is 3. The fourth-order valence-corrected chi connectivity index (χ4v) is 4.06. The van der Waals surface area contributed by atoms with Gasteiger partial charge in [0.1, 0.15) is 0 Å². The van der Waals surface area contributed by atoms with Crippen molar-refractivity contribution in [2.45, 2.75) is 65.9 Å². The molecule has 0 heterocycles. The van der Waals surface area contributed by atoms with E-state index in [-0.39, 0.29) is 5.78 Å². The van der Waals surface area contributed by atoms with Crippen LogP contribution in [-0.2, 0) is 20.9 Å². The molecular weight excluding hydrogens is 552 g/mol. The lowest BCUT2D eigenvalue weighted by molar-refractivity contribution is -0.109. The minimum atomic E-state index is -0.00560. The third-order valence-electron chi connectivity index (χ3n) is 6.40. The number of benzene rings is 3. The van der Waals surface area contributed by atoms with Crippen molar-refractivity contribution in [2.24, 2.45) is 0 Å². The normalized spacial score (nSPS) is 9.50. The molecule has 0 bridgehead atoms. The number of carbonyl (C=O) groups is 3. The molecule has 0 aliphatic carbocycles. The van der Waals surface area contributed by atoms with Crippen molar-refractivity contribution in [3.05, 3.63) is 101 Å². The summed E-state index contributed by atoms with van der Waals surface area (Å²) in [6.07, 6.45) is 6.25. The third-order valence-corrected chi connectivity index (χ3v) is 6.40. The molecule has 3 aromatic rings. The zero-order chi connectivity index (χ0) is 33.0. The van der Waals surface area contributed by atoms with E-state index in [1.165, 1.54) is 43.7 Å². The maximum Gasteiger partial charge on any atom is 0.211 e. The highest BCUT2D eigenvalue weighted by molar-refractivity contribution is 5.95. The molecule has 0 fully saturated rings. The van der Waals surface area contributed by atoms with E-state index < -0.39 is 0 Å². The summed E-state index contributed by atoms with van der Waals surface area (Å²) in [5.41, 5.74) is 5.60. The minimum Gasteiger partial charge on any atom is -0.380 e. The summed E-state index contributed by atoms with van der Waals surface area (Å²) in [6.45, 7) is 10.1. The number of nitriles is 1. The van der Waals surface area contributed by atoms with Crippen LogP contribution in [0.3, 0.4) is 0 Å². The van der Waals surface area contributed by atoms with E-state index >= 15 is 0 Å². The zero-order valence-corrected chi connectivity index (χ0v) is 27.2. The number of Topliss-reactive ketones (excluding diaryl/α,β-unsaturated/α-hetero) is 1. The van der Waals surface area contributed by atoms with Crippen LogP contribution in [0.4, 0.5) is 5.69 Å². The van der Waals surface area contributed by atoms with Crippen LogP contribution in [0.5, 0.6) is 0 Å². The fraction of sp³-hybridized carbons (Fsp3) is 0.389. The molecule has 0 aromatic heterocycles. The maximum atomic E-state index is 11.0. The first-order valence-electron chi connectivity index (χ1n) is 15.0. The molecule has 3 aromatic carbocycles. The van der Waals surface area contributed by atoms with Gasteiger partial charge in [-0.25, -0.2) is 0 Å². The molecule has 0 radical (unpaired) electrons. The van der Waals surface area contributed by atoms with E-state index in [4.69, 9.17) is 10.00 Å². The lowest BCUT2D eigenvalue weighted by Gasteiger charge is -2.15. The highest BCUT2D eigenvalue weighted by atomic mass is 16.5. The average Bonchev–Trinajstić information content (AvgIpc) is 3.04. The number of hydrogen-bond acceptors (Lipinski definition) is 6. The number of methoxy groups -OCH3 is 1. The number of ketones is 1. The van der Waals surface area contributed by atoms with Crippen LogP contribution in [0.25, 0.3) is 0 Å². The van der Waals surface area contributed by atoms with Gasteiger partial charge in [-0.05, 0) is 74.5 Å². The second-order valence-corrected chi connectivity index (χ2v) is 9.95. The molecular formula is C36H50N4O4. The van der Waals surface area contributed by atoms with Gasteiger partial charge in [-0.2, -0.15) is 5.26 Å². The maximum absolute atomic E-state index is 11.0. The van der Waals surface area contributed by atoms with Crippen molar-refractivity contribution in [1.29, 1.82) is 5.26 Å². The van der Waals surface area contributed by atoms with Gasteiger partial charge in [0.25, 0.3) is 0 Å². The van der Waals surface area contributed by atoms with Gasteiger partial charge in [-0.1, -0.05) is 81.3 Å². The molecule has 8 nitrogen and oxygen atoms in total. The Morgan fingerprint density at radius 1 is 0.932 bits per heavy atom. The summed E-state index contributed by atoms with van der Waals surface area (Å²) in [4.78, 5) is 30.7. The van der Waals surface area contributed by atoms with Crippen LogP contribution in [0.1, 0.15) is 85.0 Å². The van der Waals surface area contributed by atoms with Crippen molar-refractivity contribution in [3.8, 4) is 6.07 Å². The highest BCUT2D eigenvalue weighted by Gasteiger charge is 2.09. The first kappa shape index (κ1) is 39.7. The Labute approximate surface area is 264 Å². The van der Waals surface area contributed by atoms with E-state index in [1.54, 1.807) is 19.2 Å². The van der Waals surface area contributed by atoms with Crippen LogP contribution in [-0.4, -0.2) is 45.9 Å². The van der Waals surface area contributed by atoms with Gasteiger partial charge in [0.05, 0.1) is 18.2 Å². The van der Waals surface area contributed by atoms with Crippen molar-refractivity contribution in [3.63, 3.8) is 0 Å². The summed E-state index contributed by atoms with van der Waals surface area (Å²) in [5, 5.41) is 16.6. The first-order valence-corrected chi connectivity index (χ1v) is 15.0. The molecule has 44 heavy (non-hydrogen) atoms. The predicted octanol–water partition coefficient (Wildman–Crippen LogP) is 6.79. The third kappa shape index (κ3) is 18.3. The van der Waals surface area contributed by atoms with Crippen molar-refractivity contribution < 1.29 is 19.1 Å². The quantitative estimate of drug-likeness (QED) is 0.106. The molecule has 0 unspecified atom stereocenters. The molecule has 238 valence electrons. The molecule has 0 aliphatic rings. The van der Waals surface area contributed by atoms with Gasteiger partial charge >= 0.3 is 0 Å². The standard InChI is InChI=1S/C14H19N.C10H11NO2.C8H10O.C4H10N2O/c1-3-5-13(6-4-2)14-9-7-12(11-15)8-10-14;1-7-3-4-9(8(2)13)5-10(7)11-6-12;1-9-7-8-5-3-2-4-6-8;1-5-2-3-6-4-7/h7-10,13H,3-6H2,1-2H3;3-6H,1-2H3,(H,11,12);2-6H,7H2,1H3;4-5H,2-3H2,1H3,(H,6,7). The van der Waals surface area contributed by atoms with E-state index in [9.17, 15) is 14.4 Å². The molecule has 2 amide bonds. The van der Waals surface area contributed by atoms with Crippen molar-refractivity contribution >= 4 is 24.3 Å². The summed E-state index contributed by atoms with van der Waals surface area (Å²) in [7, 11) is 3.54. The molecule has 0 aliphatic heterocycles. The van der Waals surface area contributed by atoms with E-state index in [1.807, 2.05) is 62.5 Å². The van der Waals surface area contributed by atoms with Gasteiger partial charge in [-0.15, -0.1) is 0 Å². The summed E-state index contributed by atoms with van der Waals surface area (Å²) >= 11 is 0. The number of carbonyl (C=O) groups excluding carboxylic acids is 3. The van der Waals surface area contributed by atoms with E-state index in [0.29, 0.717) is 43.1 Å². The van der Waals surface area contributed by atoms with Crippen LogP contribution in [0.15, 0.2) is 72.8 Å². The molecule has 8 heteroatoms. The monoisotopic (exact) mass is 602 g/mol. The van der Waals surface area contributed by atoms with Gasteiger partial charge in [-0.3, -0.25) is 14.4 Å². The Kier molecular flexibility index (Phi) is 23.7. The minimum absolute atomic E-state index is 0.00560. The second kappa shape index (κ2) is 26.3. The van der Waals surface area contributed by atoms with Gasteiger partial charge < -0.3 is 20.7 Å². The van der Waals surface area contributed by atoms with Crippen LogP contribution in [0.2, 0.25) is 0 Å². The summed E-state index contributed by atoms with van der Waals surface area (Å²) in [5.74, 6) is 0.668. The number of anilines is 1. The van der Waals surface area contributed by atoms with Gasteiger partial charge in [0, 0.05) is 31.5 Å². The number of rotatable bonds is 14. The van der Waals surface area contributed by atoms with Crippen LogP contribution in [0, 0.1) is 18.3 Å². The molecule has 0 atom stereocenters. The van der Waals surface area contributed by atoms with Crippen molar-refractivity contribution in [2.75, 3.05) is 32.6 Å². The molecule has 3 rings (SSSR count). The summed E-state index contributed by atoms with van der Waals surface area (Å²) in [6, 6.07) is 25.5. The second-order valence-electron chi connectivity index (χ2n) is 9.95. The largest absolute Gasteiger partial charge is 0.380 e. The molecule has 3 N–H and O–H groups in total. The number of aryl methyl sites for hydroxylation is 1. The van der Waals surface area contributed by atoms with Crippen LogP contribution >= 0.6 is 0 Å². The molecule has 0 saturated heterocycles. The van der Waals surface area contributed by atoms with Crippen molar-refractivity contribution in [1.82, 2.24) is 10.6 Å². The Bertz CT molecular complexity index is 1220. The summed E-state index contributed by atoms with van der Waals surface area (Å²) < 4.78 is 4.93. The number of amides is 2. The Morgan fingerprint density at radius 2 is 1.57 bits per heavy atom. The Hall–Kier alpha value is -4.32. The predicted molar refractivity (Wildman–Crippen MR) is 180 cm³/mol. The lowest BCUT2D eigenvalue weighted by Crippen LogP contribution is -2.23. The number of likely N-dealkylation sites (N-methyl/N-ethyl adjacent to an activating group) is 1. The van der Waals surface area contributed by atoms with Gasteiger partial charge in [0.15, 0.2) is 5.78 Å². The smallest absolute Gasteiger partial charge is 0.211 e. The number of hydrogen-bond donors (Lipinski definition) is 3. The SMILES string of the molecule is CC(=O)c1ccc(C)c(NC=O)c1.CCCC(CCC)c1ccc(C#N)cc1.CNCCNC=O.COCc1ccccc1. The number of nitrogens with zero attached hydrogens (tertiary/aromatic N) is 1. The Balaban J connectivity index is 0.000000583. The van der Waals surface area contributed by atoms with E-state index in [2.05, 4.69) is 48.0 Å². The first-order chi connectivity index (χ1) is 21.3.